The Labute approximate surface area is 181 Å². The number of aromatic amines is 1. The highest BCUT2D eigenvalue weighted by Crippen LogP contribution is 2.45. The van der Waals surface area contributed by atoms with Crippen LogP contribution < -0.4 is 4.90 Å². The van der Waals surface area contributed by atoms with Gasteiger partial charge in [0.15, 0.2) is 0 Å². The van der Waals surface area contributed by atoms with Crippen molar-refractivity contribution < 1.29 is 24.2 Å². The number of aliphatic hydroxyl groups is 1. The summed E-state index contributed by atoms with van der Waals surface area (Å²) in [5.41, 5.74) is 1.50. The van der Waals surface area contributed by atoms with E-state index in [0.717, 1.165) is 10.4 Å². The standard InChI is InChI=1S/C25H17FN2O4/c26-15-11-9-14(10-12-15)22-21(23(30)17-13-27-18-6-2-1-5-16(17)18)24(31)25(32)28(22)19-7-3-4-8-20(19)29/h1-13,22,27,29-30H/b23-21-. The van der Waals surface area contributed by atoms with Crippen LogP contribution in [0.25, 0.3) is 16.7 Å². The van der Waals surface area contributed by atoms with Gasteiger partial charge in [-0.15, -0.1) is 0 Å². The van der Waals surface area contributed by atoms with E-state index in [1.807, 2.05) is 12.1 Å². The van der Waals surface area contributed by atoms with Crippen molar-refractivity contribution in [3.63, 3.8) is 0 Å². The number of phenols is 1. The van der Waals surface area contributed by atoms with Gasteiger partial charge in [0.25, 0.3) is 11.7 Å². The van der Waals surface area contributed by atoms with Crippen molar-refractivity contribution in [2.75, 3.05) is 4.90 Å². The number of rotatable bonds is 3. The van der Waals surface area contributed by atoms with Crippen LogP contribution >= 0.6 is 0 Å². The van der Waals surface area contributed by atoms with E-state index in [9.17, 15) is 24.2 Å². The van der Waals surface area contributed by atoms with Gasteiger partial charge in [0.1, 0.15) is 17.3 Å². The summed E-state index contributed by atoms with van der Waals surface area (Å²) in [6.07, 6.45) is 1.56. The first-order chi connectivity index (χ1) is 15.5. The van der Waals surface area contributed by atoms with Crippen LogP contribution in [0.5, 0.6) is 5.75 Å². The monoisotopic (exact) mass is 428 g/mol. The number of carbonyl (C=O) groups is 2. The van der Waals surface area contributed by atoms with Gasteiger partial charge in [0.2, 0.25) is 0 Å². The molecule has 158 valence electrons. The highest BCUT2D eigenvalue weighted by atomic mass is 19.1. The Morgan fingerprint density at radius 2 is 1.62 bits per heavy atom. The first kappa shape index (κ1) is 19.6. The minimum Gasteiger partial charge on any atom is -0.507 e. The molecule has 0 saturated carbocycles. The zero-order chi connectivity index (χ0) is 22.4. The van der Waals surface area contributed by atoms with Gasteiger partial charge >= 0.3 is 0 Å². The van der Waals surface area contributed by atoms with E-state index in [4.69, 9.17) is 0 Å². The number of nitrogens with zero attached hydrogens (tertiary/aromatic N) is 1. The number of benzene rings is 3. The highest BCUT2D eigenvalue weighted by Gasteiger charge is 2.47. The molecule has 1 unspecified atom stereocenters. The van der Waals surface area contributed by atoms with Crippen molar-refractivity contribution in [3.8, 4) is 5.75 Å². The van der Waals surface area contributed by atoms with E-state index in [1.54, 1.807) is 30.5 Å². The number of phenolic OH excluding ortho intramolecular Hbond substituents is 1. The van der Waals surface area contributed by atoms with Crippen molar-refractivity contribution in [2.45, 2.75) is 6.04 Å². The molecule has 0 bridgehead atoms. The second-order valence-electron chi connectivity index (χ2n) is 7.46. The number of H-pyrrole nitrogens is 1. The van der Waals surface area contributed by atoms with Crippen LogP contribution in [-0.4, -0.2) is 26.9 Å². The number of anilines is 1. The third kappa shape index (κ3) is 2.94. The highest BCUT2D eigenvalue weighted by molar-refractivity contribution is 6.52. The zero-order valence-corrected chi connectivity index (χ0v) is 16.6. The Kier molecular flexibility index (Phi) is 4.52. The average Bonchev–Trinajstić information content (AvgIpc) is 3.34. The van der Waals surface area contributed by atoms with Gasteiger partial charge in [-0.3, -0.25) is 14.5 Å². The molecular formula is C25H17FN2O4. The van der Waals surface area contributed by atoms with E-state index in [-0.39, 0.29) is 22.8 Å². The maximum Gasteiger partial charge on any atom is 0.300 e. The van der Waals surface area contributed by atoms with Gasteiger partial charge in [-0.25, -0.2) is 4.39 Å². The fraction of sp³-hybridized carbons (Fsp3) is 0.0400. The van der Waals surface area contributed by atoms with Crippen LogP contribution in [-0.2, 0) is 9.59 Å². The predicted molar refractivity (Wildman–Crippen MR) is 118 cm³/mol. The third-order valence-corrected chi connectivity index (χ3v) is 5.62. The molecule has 32 heavy (non-hydrogen) atoms. The maximum atomic E-state index is 13.6. The molecule has 2 heterocycles. The average molecular weight is 428 g/mol. The molecule has 1 saturated heterocycles. The topological polar surface area (TPSA) is 93.6 Å². The Bertz CT molecular complexity index is 1410. The van der Waals surface area contributed by atoms with Gasteiger partial charge < -0.3 is 15.2 Å². The number of carbonyl (C=O) groups excluding carboxylic acids is 2. The molecule has 0 radical (unpaired) electrons. The van der Waals surface area contributed by atoms with Crippen LogP contribution in [0.3, 0.4) is 0 Å². The maximum absolute atomic E-state index is 13.6. The van der Waals surface area contributed by atoms with E-state index >= 15 is 0 Å². The molecule has 1 aromatic heterocycles. The molecular weight excluding hydrogens is 411 g/mol. The van der Waals surface area contributed by atoms with Gasteiger partial charge in [0, 0.05) is 22.7 Å². The first-order valence-electron chi connectivity index (χ1n) is 9.88. The van der Waals surface area contributed by atoms with Crippen molar-refractivity contribution >= 4 is 34.0 Å². The Hall–Kier alpha value is -4.39. The molecule has 1 amide bonds. The molecule has 0 aliphatic carbocycles. The Morgan fingerprint density at radius 1 is 0.938 bits per heavy atom. The number of nitrogens with one attached hydrogen (secondary N) is 1. The van der Waals surface area contributed by atoms with Crippen molar-refractivity contribution in [1.82, 2.24) is 4.98 Å². The molecule has 1 atom stereocenters. The lowest BCUT2D eigenvalue weighted by Crippen LogP contribution is -2.29. The minimum absolute atomic E-state index is 0.113. The SMILES string of the molecule is O=C1C(=O)N(c2ccccc2O)C(c2ccc(F)cc2)/C1=C(/O)c1c[nH]c2ccccc12. The van der Waals surface area contributed by atoms with Crippen molar-refractivity contribution in [1.29, 1.82) is 0 Å². The van der Waals surface area contributed by atoms with Crippen LogP contribution in [0.2, 0.25) is 0 Å². The second-order valence-corrected chi connectivity index (χ2v) is 7.46. The number of Topliss-reactive ketones (excluding diaryl/α,β-unsaturated/α-hetero) is 1. The number of para-hydroxylation sites is 3. The summed E-state index contributed by atoms with van der Waals surface area (Å²) in [4.78, 5) is 30.4. The number of aliphatic hydroxyl groups excluding tert-OH is 1. The lowest BCUT2D eigenvalue weighted by molar-refractivity contribution is -0.132. The number of ketones is 1. The van der Waals surface area contributed by atoms with Gasteiger partial charge in [-0.05, 0) is 35.9 Å². The van der Waals surface area contributed by atoms with Crippen LogP contribution in [0.4, 0.5) is 10.1 Å². The quantitative estimate of drug-likeness (QED) is 0.252. The van der Waals surface area contributed by atoms with Crippen molar-refractivity contribution in [3.05, 3.63) is 102 Å². The summed E-state index contributed by atoms with van der Waals surface area (Å²) in [5, 5.41) is 22.3. The van der Waals surface area contributed by atoms with Gasteiger partial charge in [-0.1, -0.05) is 42.5 Å². The van der Waals surface area contributed by atoms with E-state index in [1.165, 1.54) is 36.4 Å². The minimum atomic E-state index is -1.06. The molecule has 0 spiro atoms. The Balaban J connectivity index is 1.78. The molecule has 3 N–H and O–H groups in total. The molecule has 6 nitrogen and oxygen atoms in total. The lowest BCUT2D eigenvalue weighted by Gasteiger charge is -2.26. The smallest absolute Gasteiger partial charge is 0.300 e. The summed E-state index contributed by atoms with van der Waals surface area (Å²) in [6, 6.07) is 17.6. The van der Waals surface area contributed by atoms with Crippen molar-refractivity contribution in [2.24, 2.45) is 0 Å². The van der Waals surface area contributed by atoms with Crippen LogP contribution in [0.15, 0.2) is 84.6 Å². The summed E-state index contributed by atoms with van der Waals surface area (Å²) >= 11 is 0. The molecule has 3 aromatic carbocycles. The molecule has 1 aliphatic rings. The third-order valence-electron chi connectivity index (χ3n) is 5.62. The molecule has 1 aliphatic heterocycles. The van der Waals surface area contributed by atoms with Gasteiger partial charge in [-0.2, -0.15) is 0 Å². The fourth-order valence-corrected chi connectivity index (χ4v) is 4.12. The Morgan fingerprint density at radius 3 is 2.38 bits per heavy atom. The normalized spacial score (nSPS) is 17.9. The molecule has 4 aromatic rings. The largest absolute Gasteiger partial charge is 0.507 e. The molecule has 5 rings (SSSR count). The molecule has 7 heteroatoms. The first-order valence-corrected chi connectivity index (χ1v) is 9.88. The van der Waals surface area contributed by atoms with Crippen LogP contribution in [0, 0.1) is 5.82 Å². The van der Waals surface area contributed by atoms with E-state index in [2.05, 4.69) is 4.98 Å². The number of hydrogen-bond donors (Lipinski definition) is 3. The zero-order valence-electron chi connectivity index (χ0n) is 16.6. The number of hydrogen-bond acceptors (Lipinski definition) is 4. The van der Waals surface area contributed by atoms with E-state index in [0.29, 0.717) is 16.5 Å². The predicted octanol–water partition coefficient (Wildman–Crippen LogP) is 4.64. The number of fused-ring (bicyclic) bond motifs is 1. The van der Waals surface area contributed by atoms with E-state index < -0.39 is 23.5 Å². The summed E-state index contributed by atoms with van der Waals surface area (Å²) in [7, 11) is 0. The van der Waals surface area contributed by atoms with Crippen LogP contribution in [0.1, 0.15) is 17.2 Å². The number of aromatic nitrogens is 1. The fourth-order valence-electron chi connectivity index (χ4n) is 4.12. The lowest BCUT2D eigenvalue weighted by atomic mass is 9.95. The number of halogens is 1. The second kappa shape index (κ2) is 7.39. The summed E-state index contributed by atoms with van der Waals surface area (Å²) in [5.74, 6) is -2.83. The number of amides is 1. The molecule has 1 fully saturated rings. The number of aromatic hydroxyl groups is 1. The summed E-state index contributed by atoms with van der Waals surface area (Å²) < 4.78 is 13.6. The van der Waals surface area contributed by atoms with Gasteiger partial charge in [0.05, 0.1) is 17.3 Å². The summed E-state index contributed by atoms with van der Waals surface area (Å²) in [6.45, 7) is 0.